The fraction of sp³-hybridized carbons (Fsp3) is 0.250. The van der Waals surface area contributed by atoms with Crippen LogP contribution >= 0.6 is 0 Å². The SMILES string of the molecule is CN(C)C(=O)Oc1cccc(OC/C=C/COc2ccc(C(F)(F)F)cc2)c1. The van der Waals surface area contributed by atoms with Crippen LogP contribution in [0, 0.1) is 0 Å². The van der Waals surface area contributed by atoms with Crippen LogP contribution in [0.5, 0.6) is 17.2 Å². The fourth-order valence-electron chi connectivity index (χ4n) is 1.98. The molecule has 0 spiro atoms. The van der Waals surface area contributed by atoms with E-state index in [1.807, 2.05) is 0 Å². The second-order valence-electron chi connectivity index (χ2n) is 5.85. The largest absolute Gasteiger partial charge is 0.490 e. The maximum Gasteiger partial charge on any atom is 0.416 e. The van der Waals surface area contributed by atoms with E-state index in [1.54, 1.807) is 50.5 Å². The molecule has 0 aliphatic rings. The first-order valence-electron chi connectivity index (χ1n) is 8.33. The van der Waals surface area contributed by atoms with Gasteiger partial charge in [0.2, 0.25) is 0 Å². The lowest BCUT2D eigenvalue weighted by atomic mass is 10.2. The molecule has 1 amide bonds. The van der Waals surface area contributed by atoms with Crippen LogP contribution in [0.4, 0.5) is 18.0 Å². The number of hydrogen-bond donors (Lipinski definition) is 0. The van der Waals surface area contributed by atoms with E-state index in [-0.39, 0.29) is 13.2 Å². The van der Waals surface area contributed by atoms with Gasteiger partial charge in [-0.25, -0.2) is 4.79 Å². The number of carbonyl (C=O) groups excluding carboxylic acids is 1. The van der Waals surface area contributed by atoms with Gasteiger partial charge in [0.15, 0.2) is 0 Å². The number of ether oxygens (including phenoxy) is 3. The van der Waals surface area contributed by atoms with Crippen LogP contribution in [0.2, 0.25) is 0 Å². The van der Waals surface area contributed by atoms with E-state index in [0.29, 0.717) is 17.2 Å². The molecule has 0 radical (unpaired) electrons. The smallest absolute Gasteiger partial charge is 0.416 e. The summed E-state index contributed by atoms with van der Waals surface area (Å²) in [5.41, 5.74) is -0.720. The first kappa shape index (κ1) is 21.1. The molecule has 5 nitrogen and oxygen atoms in total. The van der Waals surface area contributed by atoms with Crippen molar-refractivity contribution < 1.29 is 32.2 Å². The average molecular weight is 395 g/mol. The van der Waals surface area contributed by atoms with Crippen LogP contribution in [0.15, 0.2) is 60.7 Å². The number of alkyl halides is 3. The van der Waals surface area contributed by atoms with Crippen molar-refractivity contribution in [3.8, 4) is 17.2 Å². The lowest BCUT2D eigenvalue weighted by Crippen LogP contribution is -2.25. The van der Waals surface area contributed by atoms with Gasteiger partial charge in [0.05, 0.1) is 5.56 Å². The van der Waals surface area contributed by atoms with Gasteiger partial charge in [-0.05, 0) is 48.6 Å². The Hall–Kier alpha value is -3.16. The number of amides is 1. The van der Waals surface area contributed by atoms with E-state index in [9.17, 15) is 18.0 Å². The zero-order valence-corrected chi connectivity index (χ0v) is 15.4. The third-order valence-corrected chi connectivity index (χ3v) is 3.42. The molecule has 2 aromatic carbocycles. The van der Waals surface area contributed by atoms with E-state index in [2.05, 4.69) is 0 Å². The maximum absolute atomic E-state index is 12.5. The minimum atomic E-state index is -4.36. The van der Waals surface area contributed by atoms with Crippen LogP contribution < -0.4 is 14.2 Å². The Kier molecular flexibility index (Phi) is 7.31. The third kappa shape index (κ3) is 6.86. The van der Waals surface area contributed by atoms with Gasteiger partial charge in [-0.1, -0.05) is 6.07 Å². The summed E-state index contributed by atoms with van der Waals surface area (Å²) in [4.78, 5) is 12.8. The van der Waals surface area contributed by atoms with E-state index in [4.69, 9.17) is 14.2 Å². The average Bonchev–Trinajstić information content (AvgIpc) is 2.64. The van der Waals surface area contributed by atoms with Gasteiger partial charge >= 0.3 is 12.3 Å². The highest BCUT2D eigenvalue weighted by atomic mass is 19.4. The molecule has 0 N–H and O–H groups in total. The molecule has 0 saturated carbocycles. The zero-order valence-electron chi connectivity index (χ0n) is 15.4. The maximum atomic E-state index is 12.5. The summed E-state index contributed by atoms with van der Waals surface area (Å²) in [6.07, 6.45) is -1.45. The highest BCUT2D eigenvalue weighted by molar-refractivity contribution is 5.70. The summed E-state index contributed by atoms with van der Waals surface area (Å²) in [5, 5.41) is 0. The van der Waals surface area contributed by atoms with Gasteiger partial charge in [-0.15, -0.1) is 0 Å². The predicted octanol–water partition coefficient (Wildman–Crippen LogP) is 4.78. The Morgan fingerprint density at radius 2 is 1.50 bits per heavy atom. The molecule has 0 aliphatic carbocycles. The number of hydrogen-bond acceptors (Lipinski definition) is 4. The van der Waals surface area contributed by atoms with E-state index in [1.165, 1.54) is 17.0 Å². The molecule has 2 rings (SSSR count). The summed E-state index contributed by atoms with van der Waals surface area (Å²) < 4.78 is 53.4. The summed E-state index contributed by atoms with van der Waals surface area (Å²) in [6.45, 7) is 0.441. The lowest BCUT2D eigenvalue weighted by Gasteiger charge is -2.11. The van der Waals surface area contributed by atoms with Crippen molar-refractivity contribution in [3.63, 3.8) is 0 Å². The van der Waals surface area contributed by atoms with Gasteiger partial charge in [-0.2, -0.15) is 13.2 Å². The number of rotatable bonds is 7. The highest BCUT2D eigenvalue weighted by Crippen LogP contribution is 2.30. The van der Waals surface area contributed by atoms with Crippen LogP contribution in [-0.4, -0.2) is 38.3 Å². The van der Waals surface area contributed by atoms with Gasteiger partial charge in [0.1, 0.15) is 30.5 Å². The van der Waals surface area contributed by atoms with E-state index in [0.717, 1.165) is 12.1 Å². The van der Waals surface area contributed by atoms with Crippen molar-refractivity contribution in [1.82, 2.24) is 4.90 Å². The number of halogens is 3. The molecule has 0 atom stereocenters. The summed E-state index contributed by atoms with van der Waals surface area (Å²) in [5.74, 6) is 1.23. The Morgan fingerprint density at radius 3 is 2.07 bits per heavy atom. The van der Waals surface area contributed by atoms with Crippen molar-refractivity contribution in [2.75, 3.05) is 27.3 Å². The Balaban J connectivity index is 1.75. The van der Waals surface area contributed by atoms with Gasteiger partial charge in [0, 0.05) is 20.2 Å². The minimum absolute atomic E-state index is 0.190. The molecular formula is C20H20F3NO4. The Morgan fingerprint density at radius 1 is 0.929 bits per heavy atom. The minimum Gasteiger partial charge on any atom is -0.490 e. The van der Waals surface area contributed by atoms with Gasteiger partial charge in [-0.3, -0.25) is 0 Å². The molecule has 150 valence electrons. The molecule has 0 bridgehead atoms. The second kappa shape index (κ2) is 9.68. The Labute approximate surface area is 160 Å². The predicted molar refractivity (Wildman–Crippen MR) is 97.7 cm³/mol. The summed E-state index contributed by atoms with van der Waals surface area (Å²) in [6, 6.07) is 11.1. The molecule has 0 aliphatic heterocycles. The molecule has 0 unspecified atom stereocenters. The molecule has 0 saturated heterocycles. The van der Waals surface area contributed by atoms with Crippen molar-refractivity contribution in [3.05, 3.63) is 66.2 Å². The molecular weight excluding hydrogens is 375 g/mol. The van der Waals surface area contributed by atoms with Crippen molar-refractivity contribution in [1.29, 1.82) is 0 Å². The van der Waals surface area contributed by atoms with Gasteiger partial charge in [0.25, 0.3) is 0 Å². The monoisotopic (exact) mass is 395 g/mol. The fourth-order valence-corrected chi connectivity index (χ4v) is 1.98. The second-order valence-corrected chi connectivity index (χ2v) is 5.85. The zero-order chi connectivity index (χ0) is 20.6. The highest BCUT2D eigenvalue weighted by Gasteiger charge is 2.29. The van der Waals surface area contributed by atoms with Crippen molar-refractivity contribution in [2.24, 2.45) is 0 Å². The quantitative estimate of drug-likeness (QED) is 0.633. The first-order valence-corrected chi connectivity index (χ1v) is 8.33. The molecule has 8 heteroatoms. The molecule has 2 aromatic rings. The van der Waals surface area contributed by atoms with Crippen LogP contribution in [0.1, 0.15) is 5.56 Å². The van der Waals surface area contributed by atoms with Gasteiger partial charge < -0.3 is 19.1 Å². The molecule has 0 aromatic heterocycles. The van der Waals surface area contributed by atoms with E-state index < -0.39 is 17.8 Å². The first-order chi connectivity index (χ1) is 13.3. The number of carbonyl (C=O) groups is 1. The van der Waals surface area contributed by atoms with E-state index >= 15 is 0 Å². The molecule has 28 heavy (non-hydrogen) atoms. The topological polar surface area (TPSA) is 48.0 Å². The normalized spacial score (nSPS) is 11.3. The summed E-state index contributed by atoms with van der Waals surface area (Å²) in [7, 11) is 3.17. The standard InChI is InChI=1S/C20H20F3NO4/c1-24(2)19(25)28-18-7-5-6-17(14-18)27-13-4-3-12-26-16-10-8-15(9-11-16)20(21,22)23/h3-11,14H,12-13H2,1-2H3/b4-3+. The molecule has 0 heterocycles. The van der Waals surface area contributed by atoms with Crippen LogP contribution in [0.25, 0.3) is 0 Å². The Bertz CT molecular complexity index is 802. The van der Waals surface area contributed by atoms with Crippen molar-refractivity contribution >= 4 is 6.09 Å². The van der Waals surface area contributed by atoms with Crippen LogP contribution in [0.3, 0.4) is 0 Å². The summed E-state index contributed by atoms with van der Waals surface area (Å²) >= 11 is 0. The number of benzene rings is 2. The van der Waals surface area contributed by atoms with Crippen molar-refractivity contribution in [2.45, 2.75) is 6.18 Å². The van der Waals surface area contributed by atoms with Crippen LogP contribution in [-0.2, 0) is 6.18 Å². The number of nitrogens with zero attached hydrogens (tertiary/aromatic N) is 1. The molecule has 0 fully saturated rings. The lowest BCUT2D eigenvalue weighted by molar-refractivity contribution is -0.137. The third-order valence-electron chi connectivity index (χ3n) is 3.42.